The minimum absolute atomic E-state index is 0.233. The summed E-state index contributed by atoms with van der Waals surface area (Å²) < 4.78 is 40.1. The molecule has 7 nitrogen and oxygen atoms in total. The summed E-state index contributed by atoms with van der Waals surface area (Å²) in [6, 6.07) is 3.08. The number of halogens is 2. The summed E-state index contributed by atoms with van der Waals surface area (Å²) in [5.74, 6) is -3.34. The molecule has 0 bridgehead atoms. The smallest absolute Gasteiger partial charge is 0.338 e. The third kappa shape index (κ3) is 3.26. The van der Waals surface area contributed by atoms with Crippen LogP contribution < -0.4 is 4.72 Å². The second kappa shape index (κ2) is 5.62. The number of hydrogen-bond donors (Lipinski definition) is 2. The Labute approximate surface area is 123 Å². The van der Waals surface area contributed by atoms with Crippen LogP contribution in [0.1, 0.15) is 10.4 Å². The van der Waals surface area contributed by atoms with Crippen molar-refractivity contribution < 1.29 is 22.7 Å². The Morgan fingerprint density at radius 2 is 1.90 bits per heavy atom. The van der Waals surface area contributed by atoms with Crippen LogP contribution in [-0.2, 0) is 10.0 Å². The number of nitrogens with one attached hydrogen (secondary N) is 1. The number of carboxylic acid groups (broad SMARTS) is 1. The lowest BCUT2D eigenvalue weighted by atomic mass is 10.2. The van der Waals surface area contributed by atoms with Gasteiger partial charge in [0.05, 0.1) is 5.56 Å². The zero-order valence-electron chi connectivity index (χ0n) is 10.1. The van der Waals surface area contributed by atoms with E-state index in [1.54, 1.807) is 0 Å². The number of anilines is 1. The maximum absolute atomic E-state index is 14.0. The summed E-state index contributed by atoms with van der Waals surface area (Å²) in [6.07, 6.45) is 2.56. The van der Waals surface area contributed by atoms with Gasteiger partial charge in [-0.05, 0) is 18.2 Å². The Morgan fingerprint density at radius 3 is 2.48 bits per heavy atom. The van der Waals surface area contributed by atoms with E-state index in [2.05, 4.69) is 9.97 Å². The van der Waals surface area contributed by atoms with Crippen molar-refractivity contribution in [2.75, 3.05) is 4.72 Å². The average molecular weight is 332 g/mol. The van der Waals surface area contributed by atoms with E-state index >= 15 is 0 Å². The number of aromatic nitrogens is 2. The molecule has 2 N–H and O–H groups in total. The van der Waals surface area contributed by atoms with Gasteiger partial charge in [0.15, 0.2) is 5.82 Å². The quantitative estimate of drug-likeness (QED) is 0.883. The van der Waals surface area contributed by atoms with Crippen LogP contribution in [0, 0.1) is 5.82 Å². The number of sulfonamides is 1. The summed E-state index contributed by atoms with van der Waals surface area (Å²) in [4.78, 5) is 17.2. The second-order valence-electron chi connectivity index (χ2n) is 3.75. The largest absolute Gasteiger partial charge is 0.478 e. The van der Waals surface area contributed by atoms with Crippen molar-refractivity contribution in [2.24, 2.45) is 0 Å². The standard InChI is InChI=1S/C11H7ClFN3O4S/c12-6-4-7(10(17)18)9(13)8(5-6)21(19,20)16-11-14-2-1-3-15-11/h1-5H,(H,17,18)(H,14,15,16). The Balaban J connectivity index is 2.53. The number of hydrogen-bond acceptors (Lipinski definition) is 5. The summed E-state index contributed by atoms with van der Waals surface area (Å²) >= 11 is 5.62. The van der Waals surface area contributed by atoms with E-state index in [0.29, 0.717) is 0 Å². The van der Waals surface area contributed by atoms with E-state index in [9.17, 15) is 17.6 Å². The Morgan fingerprint density at radius 1 is 1.29 bits per heavy atom. The first-order valence-corrected chi connectivity index (χ1v) is 7.19. The van der Waals surface area contributed by atoms with Gasteiger partial charge in [-0.15, -0.1) is 0 Å². The molecule has 21 heavy (non-hydrogen) atoms. The predicted molar refractivity (Wildman–Crippen MR) is 71.2 cm³/mol. The molecule has 2 rings (SSSR count). The average Bonchev–Trinajstić information content (AvgIpc) is 2.41. The van der Waals surface area contributed by atoms with Gasteiger partial charge < -0.3 is 5.11 Å². The van der Waals surface area contributed by atoms with Gasteiger partial charge in [-0.2, -0.15) is 0 Å². The van der Waals surface area contributed by atoms with E-state index in [-0.39, 0.29) is 11.0 Å². The minimum atomic E-state index is -4.42. The van der Waals surface area contributed by atoms with Gasteiger partial charge in [0.25, 0.3) is 10.0 Å². The third-order valence-electron chi connectivity index (χ3n) is 2.32. The van der Waals surface area contributed by atoms with E-state index in [0.717, 1.165) is 12.1 Å². The molecule has 0 saturated carbocycles. The van der Waals surface area contributed by atoms with Crippen molar-refractivity contribution in [1.29, 1.82) is 0 Å². The molecule has 0 saturated heterocycles. The van der Waals surface area contributed by atoms with Crippen LogP contribution in [0.15, 0.2) is 35.5 Å². The Hall–Kier alpha value is -2.26. The normalized spacial score (nSPS) is 11.1. The number of aromatic carboxylic acids is 1. The van der Waals surface area contributed by atoms with Crippen LogP contribution in [-0.4, -0.2) is 29.5 Å². The lowest BCUT2D eigenvalue weighted by molar-refractivity contribution is 0.0691. The fraction of sp³-hybridized carbons (Fsp3) is 0. The number of nitrogens with zero attached hydrogens (tertiary/aromatic N) is 2. The fourth-order valence-corrected chi connectivity index (χ4v) is 2.81. The molecule has 1 aromatic carbocycles. The maximum atomic E-state index is 14.0. The molecule has 0 amide bonds. The van der Waals surface area contributed by atoms with E-state index in [1.165, 1.54) is 18.5 Å². The monoisotopic (exact) mass is 331 g/mol. The molecule has 1 heterocycles. The van der Waals surface area contributed by atoms with Gasteiger partial charge in [-0.25, -0.2) is 32.3 Å². The van der Waals surface area contributed by atoms with Crippen molar-refractivity contribution in [3.05, 3.63) is 47.0 Å². The van der Waals surface area contributed by atoms with Crippen LogP contribution in [0.4, 0.5) is 10.3 Å². The van der Waals surface area contributed by atoms with Gasteiger partial charge in [-0.3, -0.25) is 0 Å². The number of rotatable bonds is 4. The summed E-state index contributed by atoms with van der Waals surface area (Å²) in [6.45, 7) is 0. The molecule has 2 aromatic rings. The van der Waals surface area contributed by atoms with Crippen LogP contribution in [0.2, 0.25) is 5.02 Å². The summed E-state index contributed by atoms with van der Waals surface area (Å²) in [5, 5.41) is 8.60. The first-order valence-electron chi connectivity index (χ1n) is 5.33. The molecule has 0 unspecified atom stereocenters. The zero-order chi connectivity index (χ0) is 15.6. The van der Waals surface area contributed by atoms with Crippen LogP contribution in [0.5, 0.6) is 0 Å². The molecule has 0 spiro atoms. The van der Waals surface area contributed by atoms with Gasteiger partial charge in [0.2, 0.25) is 5.95 Å². The Kier molecular flexibility index (Phi) is 4.05. The number of carbonyl (C=O) groups is 1. The van der Waals surface area contributed by atoms with Crippen molar-refractivity contribution >= 4 is 33.5 Å². The fourth-order valence-electron chi connectivity index (χ4n) is 1.44. The lowest BCUT2D eigenvalue weighted by Gasteiger charge is -2.09. The van der Waals surface area contributed by atoms with E-state index in [4.69, 9.17) is 16.7 Å². The van der Waals surface area contributed by atoms with Crippen LogP contribution >= 0.6 is 11.6 Å². The molecular formula is C11H7ClFN3O4S. The molecule has 110 valence electrons. The highest BCUT2D eigenvalue weighted by atomic mass is 35.5. The third-order valence-corrected chi connectivity index (χ3v) is 3.86. The lowest BCUT2D eigenvalue weighted by Crippen LogP contribution is -2.18. The SMILES string of the molecule is O=C(O)c1cc(Cl)cc(S(=O)(=O)Nc2ncccn2)c1F. The summed E-state index contributed by atoms with van der Waals surface area (Å²) in [7, 11) is -4.42. The molecule has 0 atom stereocenters. The molecule has 10 heteroatoms. The van der Waals surface area contributed by atoms with Crippen molar-refractivity contribution in [1.82, 2.24) is 9.97 Å². The molecule has 1 aromatic heterocycles. The molecule has 0 aliphatic rings. The van der Waals surface area contributed by atoms with Crippen LogP contribution in [0.3, 0.4) is 0 Å². The van der Waals surface area contributed by atoms with Gasteiger partial charge >= 0.3 is 5.97 Å². The zero-order valence-corrected chi connectivity index (χ0v) is 11.7. The van der Waals surface area contributed by atoms with E-state index in [1.807, 2.05) is 4.72 Å². The molecule has 0 aliphatic carbocycles. The van der Waals surface area contributed by atoms with Crippen molar-refractivity contribution in [3.63, 3.8) is 0 Å². The topological polar surface area (TPSA) is 109 Å². The van der Waals surface area contributed by atoms with Gasteiger partial charge in [0.1, 0.15) is 4.90 Å². The first kappa shape index (κ1) is 15.1. The van der Waals surface area contributed by atoms with Crippen molar-refractivity contribution in [2.45, 2.75) is 4.90 Å². The molecule has 0 radical (unpaired) electrons. The highest BCUT2D eigenvalue weighted by Gasteiger charge is 2.25. The van der Waals surface area contributed by atoms with Crippen molar-refractivity contribution in [3.8, 4) is 0 Å². The predicted octanol–water partition coefficient (Wildman–Crippen LogP) is 1.77. The van der Waals surface area contributed by atoms with Gasteiger partial charge in [0, 0.05) is 17.4 Å². The first-order chi connectivity index (χ1) is 9.81. The maximum Gasteiger partial charge on any atom is 0.338 e. The minimum Gasteiger partial charge on any atom is -0.478 e. The molecular weight excluding hydrogens is 325 g/mol. The number of benzene rings is 1. The summed E-state index contributed by atoms with van der Waals surface area (Å²) in [5.41, 5.74) is -0.850. The highest BCUT2D eigenvalue weighted by molar-refractivity contribution is 7.92. The molecule has 0 aliphatic heterocycles. The van der Waals surface area contributed by atoms with Gasteiger partial charge in [-0.1, -0.05) is 11.6 Å². The highest BCUT2D eigenvalue weighted by Crippen LogP contribution is 2.25. The Bertz CT molecular complexity index is 799. The van der Waals surface area contributed by atoms with Crippen LogP contribution in [0.25, 0.3) is 0 Å². The van der Waals surface area contributed by atoms with E-state index < -0.39 is 32.3 Å². The second-order valence-corrected chi connectivity index (χ2v) is 5.84. The number of carboxylic acids is 1. The molecule has 0 fully saturated rings.